The Morgan fingerprint density at radius 1 is 1.62 bits per heavy atom. The third kappa shape index (κ3) is 2.20. The van der Waals surface area contributed by atoms with Gasteiger partial charge in [0.2, 0.25) is 5.91 Å². The van der Waals surface area contributed by atoms with Crippen molar-refractivity contribution in [2.45, 2.75) is 19.4 Å². The fourth-order valence-corrected chi connectivity index (χ4v) is 1.57. The summed E-state index contributed by atoms with van der Waals surface area (Å²) >= 11 is 0. The van der Waals surface area contributed by atoms with Gasteiger partial charge < -0.3 is 11.1 Å². The van der Waals surface area contributed by atoms with Crippen LogP contribution in [-0.2, 0) is 4.79 Å². The molecule has 0 aliphatic heterocycles. The molecule has 1 atom stereocenters. The molecule has 1 amide bonds. The van der Waals surface area contributed by atoms with E-state index in [1.54, 1.807) is 13.1 Å². The Hall–Kier alpha value is -1.88. The molecule has 1 aromatic heterocycles. The Balaban J connectivity index is 2.20. The van der Waals surface area contributed by atoms with Crippen LogP contribution < -0.4 is 11.1 Å². The van der Waals surface area contributed by atoms with Gasteiger partial charge in [-0.05, 0) is 19.1 Å². The first-order valence-corrected chi connectivity index (χ1v) is 5.14. The van der Waals surface area contributed by atoms with Crippen molar-refractivity contribution < 1.29 is 4.79 Å². The molecule has 0 saturated carbocycles. The summed E-state index contributed by atoms with van der Waals surface area (Å²) in [5.41, 5.74) is 7.22. The zero-order chi connectivity index (χ0) is 11.5. The number of benzene rings is 1. The van der Waals surface area contributed by atoms with Crippen molar-refractivity contribution in [3.8, 4) is 0 Å². The second kappa shape index (κ2) is 4.32. The van der Waals surface area contributed by atoms with Crippen LogP contribution in [0.2, 0.25) is 0 Å². The number of hydrogen-bond donors (Lipinski definition) is 3. The van der Waals surface area contributed by atoms with E-state index in [1.165, 1.54) is 0 Å². The summed E-state index contributed by atoms with van der Waals surface area (Å²) in [6, 6.07) is 5.48. The lowest BCUT2D eigenvalue weighted by atomic mass is 10.2. The van der Waals surface area contributed by atoms with Crippen molar-refractivity contribution in [3.05, 3.63) is 24.4 Å². The lowest BCUT2D eigenvalue weighted by molar-refractivity contribution is -0.116. The average molecular weight is 218 g/mol. The summed E-state index contributed by atoms with van der Waals surface area (Å²) < 4.78 is 0. The van der Waals surface area contributed by atoms with Crippen LogP contribution in [0.1, 0.15) is 13.3 Å². The maximum absolute atomic E-state index is 11.6. The average Bonchev–Trinajstić information content (AvgIpc) is 2.65. The van der Waals surface area contributed by atoms with E-state index in [2.05, 4.69) is 15.5 Å². The Morgan fingerprint density at radius 3 is 3.19 bits per heavy atom. The van der Waals surface area contributed by atoms with Gasteiger partial charge in [0.05, 0.1) is 17.4 Å². The fraction of sp³-hybridized carbons (Fsp3) is 0.273. The molecule has 0 aliphatic rings. The molecule has 5 heteroatoms. The first kappa shape index (κ1) is 10.6. The molecule has 0 spiro atoms. The molecule has 0 aliphatic carbocycles. The molecule has 0 bridgehead atoms. The van der Waals surface area contributed by atoms with E-state index in [-0.39, 0.29) is 11.9 Å². The second-order valence-electron chi connectivity index (χ2n) is 3.87. The Bertz CT molecular complexity index is 503. The summed E-state index contributed by atoms with van der Waals surface area (Å²) in [5.74, 6) is -0.0799. The van der Waals surface area contributed by atoms with Gasteiger partial charge in [-0.15, -0.1) is 0 Å². The quantitative estimate of drug-likeness (QED) is 0.724. The molecule has 0 fully saturated rings. The van der Waals surface area contributed by atoms with Gasteiger partial charge in [0, 0.05) is 17.8 Å². The molecular weight excluding hydrogens is 204 g/mol. The number of nitrogens with zero attached hydrogens (tertiary/aromatic N) is 1. The van der Waals surface area contributed by atoms with Crippen LogP contribution in [0.25, 0.3) is 10.9 Å². The van der Waals surface area contributed by atoms with Crippen molar-refractivity contribution in [1.82, 2.24) is 10.2 Å². The predicted octanol–water partition coefficient (Wildman–Crippen LogP) is 1.24. The van der Waals surface area contributed by atoms with Crippen LogP contribution in [0.5, 0.6) is 0 Å². The minimum atomic E-state index is -0.136. The molecular formula is C11H14N4O. The number of hydrogen-bond acceptors (Lipinski definition) is 3. The second-order valence-corrected chi connectivity index (χ2v) is 3.87. The largest absolute Gasteiger partial charge is 0.327 e. The minimum absolute atomic E-state index is 0.0799. The Morgan fingerprint density at radius 2 is 2.44 bits per heavy atom. The predicted molar refractivity (Wildman–Crippen MR) is 63.0 cm³/mol. The van der Waals surface area contributed by atoms with Gasteiger partial charge >= 0.3 is 0 Å². The Labute approximate surface area is 93.0 Å². The number of amides is 1. The van der Waals surface area contributed by atoms with Gasteiger partial charge in [-0.3, -0.25) is 9.89 Å². The number of aromatic nitrogens is 2. The zero-order valence-corrected chi connectivity index (χ0v) is 9.03. The van der Waals surface area contributed by atoms with Crippen LogP contribution in [0, 0.1) is 0 Å². The number of fused-ring (bicyclic) bond motifs is 1. The first-order valence-electron chi connectivity index (χ1n) is 5.14. The third-order valence-electron chi connectivity index (χ3n) is 2.27. The van der Waals surface area contributed by atoms with E-state index >= 15 is 0 Å². The topological polar surface area (TPSA) is 83.8 Å². The summed E-state index contributed by atoms with van der Waals surface area (Å²) in [6.45, 7) is 1.80. The molecule has 0 radical (unpaired) electrons. The summed E-state index contributed by atoms with van der Waals surface area (Å²) in [5, 5.41) is 10.5. The van der Waals surface area contributed by atoms with Gasteiger partial charge in [-0.1, -0.05) is 6.07 Å². The van der Waals surface area contributed by atoms with Crippen molar-refractivity contribution in [2.75, 3.05) is 5.32 Å². The van der Waals surface area contributed by atoms with E-state index in [0.29, 0.717) is 6.42 Å². The molecule has 1 heterocycles. The first-order chi connectivity index (χ1) is 7.66. The van der Waals surface area contributed by atoms with Gasteiger partial charge in [0.25, 0.3) is 0 Å². The molecule has 1 aromatic carbocycles. The van der Waals surface area contributed by atoms with Gasteiger partial charge in [0.1, 0.15) is 0 Å². The van der Waals surface area contributed by atoms with Crippen molar-refractivity contribution in [3.63, 3.8) is 0 Å². The third-order valence-corrected chi connectivity index (χ3v) is 2.27. The monoisotopic (exact) mass is 218 g/mol. The van der Waals surface area contributed by atoms with Crippen molar-refractivity contribution in [1.29, 1.82) is 0 Å². The van der Waals surface area contributed by atoms with Crippen LogP contribution >= 0.6 is 0 Å². The molecule has 84 valence electrons. The van der Waals surface area contributed by atoms with E-state index in [0.717, 1.165) is 16.6 Å². The smallest absolute Gasteiger partial charge is 0.225 e. The van der Waals surface area contributed by atoms with Gasteiger partial charge in [0.15, 0.2) is 0 Å². The van der Waals surface area contributed by atoms with Crippen molar-refractivity contribution >= 4 is 22.5 Å². The van der Waals surface area contributed by atoms with E-state index in [4.69, 9.17) is 5.73 Å². The maximum Gasteiger partial charge on any atom is 0.225 e. The minimum Gasteiger partial charge on any atom is -0.327 e. The van der Waals surface area contributed by atoms with E-state index in [1.807, 2.05) is 18.2 Å². The molecule has 2 aromatic rings. The number of anilines is 1. The molecule has 4 N–H and O–H groups in total. The number of H-pyrrole nitrogens is 1. The number of nitrogens with one attached hydrogen (secondary N) is 2. The van der Waals surface area contributed by atoms with Gasteiger partial charge in [-0.2, -0.15) is 5.10 Å². The van der Waals surface area contributed by atoms with E-state index in [9.17, 15) is 4.79 Å². The molecule has 5 nitrogen and oxygen atoms in total. The van der Waals surface area contributed by atoms with Crippen LogP contribution in [0.3, 0.4) is 0 Å². The summed E-state index contributed by atoms with van der Waals surface area (Å²) in [4.78, 5) is 11.6. The standard InChI is InChI=1S/C11H14N4O/c1-7(12)5-11(16)14-9-3-2-4-10-8(9)6-13-15-10/h2-4,6-7H,5,12H2,1H3,(H,13,15)(H,14,16). The highest BCUT2D eigenvalue weighted by Gasteiger charge is 2.08. The highest BCUT2D eigenvalue weighted by Crippen LogP contribution is 2.20. The fourth-order valence-electron chi connectivity index (χ4n) is 1.57. The lowest BCUT2D eigenvalue weighted by Gasteiger charge is -2.07. The van der Waals surface area contributed by atoms with Crippen molar-refractivity contribution in [2.24, 2.45) is 5.73 Å². The number of rotatable bonds is 3. The summed E-state index contributed by atoms with van der Waals surface area (Å²) in [7, 11) is 0. The van der Waals surface area contributed by atoms with Crippen LogP contribution in [0.4, 0.5) is 5.69 Å². The number of carbonyl (C=O) groups excluding carboxylic acids is 1. The molecule has 1 unspecified atom stereocenters. The number of aromatic amines is 1. The normalized spacial score (nSPS) is 12.6. The number of carbonyl (C=O) groups is 1. The summed E-state index contributed by atoms with van der Waals surface area (Å²) in [6.07, 6.45) is 2.01. The molecule has 2 rings (SSSR count). The number of nitrogens with two attached hydrogens (primary N) is 1. The lowest BCUT2D eigenvalue weighted by Crippen LogP contribution is -2.24. The highest BCUT2D eigenvalue weighted by molar-refractivity contribution is 6.00. The van der Waals surface area contributed by atoms with Crippen LogP contribution in [-0.4, -0.2) is 22.1 Å². The molecule has 0 saturated heterocycles. The SMILES string of the molecule is CC(N)CC(=O)Nc1cccc2[nH]ncc12. The Kier molecular flexibility index (Phi) is 2.87. The maximum atomic E-state index is 11.6. The van der Waals surface area contributed by atoms with E-state index < -0.39 is 0 Å². The molecule has 16 heavy (non-hydrogen) atoms. The highest BCUT2D eigenvalue weighted by atomic mass is 16.1. The van der Waals surface area contributed by atoms with Gasteiger partial charge in [-0.25, -0.2) is 0 Å². The van der Waals surface area contributed by atoms with Crippen LogP contribution in [0.15, 0.2) is 24.4 Å². The zero-order valence-electron chi connectivity index (χ0n) is 9.03.